The first kappa shape index (κ1) is 11.0. The van der Waals surface area contributed by atoms with E-state index in [1.165, 1.54) is 43.4 Å². The van der Waals surface area contributed by atoms with Crippen LogP contribution in [0.5, 0.6) is 0 Å². The highest BCUT2D eigenvalue weighted by atomic mass is 16.3. The standard InChI is InChI=1S/C14H25NO/c1-15(2)9-13(16)14-6-10-3-11(7-14)5-12(4-10)8-14/h10-13,16H,3-9H2,1-2H3/p+1/t10?,11?,12?,13-,14?/m0/s1. The predicted molar refractivity (Wildman–Crippen MR) is 64.3 cm³/mol. The van der Waals surface area contributed by atoms with Gasteiger partial charge in [-0.15, -0.1) is 0 Å². The zero-order chi connectivity index (χ0) is 11.3. The Morgan fingerprint density at radius 2 is 1.50 bits per heavy atom. The van der Waals surface area contributed by atoms with E-state index in [2.05, 4.69) is 14.1 Å². The summed E-state index contributed by atoms with van der Waals surface area (Å²) in [6, 6.07) is 0. The molecule has 4 rings (SSSR count). The lowest BCUT2D eigenvalue weighted by Crippen LogP contribution is -3.07. The van der Waals surface area contributed by atoms with Gasteiger partial charge >= 0.3 is 0 Å². The number of hydrogen-bond acceptors (Lipinski definition) is 1. The number of aliphatic hydroxyl groups is 1. The molecule has 16 heavy (non-hydrogen) atoms. The average Bonchev–Trinajstić information content (AvgIpc) is 2.13. The zero-order valence-electron chi connectivity index (χ0n) is 10.7. The molecule has 0 aromatic carbocycles. The molecule has 0 radical (unpaired) electrons. The van der Waals surface area contributed by atoms with E-state index in [4.69, 9.17) is 0 Å². The first-order chi connectivity index (χ1) is 7.57. The first-order valence-corrected chi connectivity index (χ1v) is 7.04. The molecule has 0 amide bonds. The van der Waals surface area contributed by atoms with Crippen molar-refractivity contribution in [1.29, 1.82) is 0 Å². The maximum absolute atomic E-state index is 10.6. The van der Waals surface area contributed by atoms with E-state index >= 15 is 0 Å². The normalized spacial score (nSPS) is 47.6. The minimum atomic E-state index is -0.0501. The molecule has 4 aliphatic rings. The maximum Gasteiger partial charge on any atom is 0.108 e. The third-order valence-corrected chi connectivity index (χ3v) is 5.39. The molecule has 2 N–H and O–H groups in total. The molecular formula is C14H26NO+. The molecule has 0 aromatic heterocycles. The van der Waals surface area contributed by atoms with Gasteiger partial charge in [0.25, 0.3) is 0 Å². The molecule has 2 nitrogen and oxygen atoms in total. The highest BCUT2D eigenvalue weighted by Crippen LogP contribution is 2.61. The Morgan fingerprint density at radius 1 is 1.06 bits per heavy atom. The van der Waals surface area contributed by atoms with E-state index in [-0.39, 0.29) is 6.10 Å². The molecule has 4 bridgehead atoms. The van der Waals surface area contributed by atoms with Crippen molar-refractivity contribution in [3.63, 3.8) is 0 Å². The molecular weight excluding hydrogens is 198 g/mol. The number of aliphatic hydroxyl groups excluding tert-OH is 1. The molecule has 0 unspecified atom stereocenters. The second kappa shape index (κ2) is 3.71. The summed E-state index contributed by atoms with van der Waals surface area (Å²) in [5.41, 5.74) is 0.325. The predicted octanol–water partition coefficient (Wildman–Crippen LogP) is 0.708. The van der Waals surface area contributed by atoms with Gasteiger partial charge in [-0.3, -0.25) is 0 Å². The molecule has 0 spiro atoms. The third kappa shape index (κ3) is 1.70. The fourth-order valence-electron chi connectivity index (χ4n) is 5.19. The van der Waals surface area contributed by atoms with Crippen LogP contribution in [0.4, 0.5) is 0 Å². The summed E-state index contributed by atoms with van der Waals surface area (Å²) in [7, 11) is 4.31. The number of rotatable bonds is 3. The number of hydrogen-bond donors (Lipinski definition) is 2. The molecule has 0 saturated heterocycles. The van der Waals surface area contributed by atoms with Gasteiger partial charge in [-0.25, -0.2) is 0 Å². The molecule has 2 heteroatoms. The second-order valence-corrected chi connectivity index (χ2v) is 7.21. The van der Waals surface area contributed by atoms with Gasteiger partial charge in [-0.2, -0.15) is 0 Å². The lowest BCUT2D eigenvalue weighted by atomic mass is 9.48. The Kier molecular flexibility index (Phi) is 2.56. The molecule has 1 atom stereocenters. The molecule has 4 saturated carbocycles. The molecule has 92 valence electrons. The maximum atomic E-state index is 10.6. The van der Waals surface area contributed by atoms with Crippen LogP contribution in [0.1, 0.15) is 38.5 Å². The van der Waals surface area contributed by atoms with Crippen LogP contribution >= 0.6 is 0 Å². The largest absolute Gasteiger partial charge is 0.387 e. The van der Waals surface area contributed by atoms with E-state index in [0.29, 0.717) is 5.41 Å². The van der Waals surface area contributed by atoms with Gasteiger partial charge in [-0.05, 0) is 56.3 Å². The van der Waals surface area contributed by atoms with Gasteiger partial charge < -0.3 is 10.0 Å². The molecule has 4 aliphatic carbocycles. The van der Waals surface area contributed by atoms with E-state index in [1.54, 1.807) is 0 Å². The van der Waals surface area contributed by atoms with Crippen molar-refractivity contribution in [2.75, 3.05) is 20.6 Å². The summed E-state index contributed by atoms with van der Waals surface area (Å²) >= 11 is 0. The third-order valence-electron chi connectivity index (χ3n) is 5.39. The monoisotopic (exact) mass is 224 g/mol. The fraction of sp³-hybridized carbons (Fsp3) is 1.00. The van der Waals surface area contributed by atoms with Crippen LogP contribution in [-0.2, 0) is 0 Å². The summed E-state index contributed by atoms with van der Waals surface area (Å²) in [5, 5.41) is 10.6. The van der Waals surface area contributed by atoms with Gasteiger partial charge in [0.15, 0.2) is 0 Å². The SMILES string of the molecule is C[NH+](C)C[C@H](O)C12CC3CC(CC(C3)C1)C2. The van der Waals surface area contributed by atoms with Crippen molar-refractivity contribution in [3.8, 4) is 0 Å². The van der Waals surface area contributed by atoms with Gasteiger partial charge in [0.1, 0.15) is 12.6 Å². The van der Waals surface area contributed by atoms with Crippen molar-refractivity contribution in [2.24, 2.45) is 23.2 Å². The van der Waals surface area contributed by atoms with Gasteiger partial charge in [0, 0.05) is 5.41 Å². The number of likely N-dealkylation sites (N-methyl/N-ethyl adjacent to an activating group) is 1. The lowest BCUT2D eigenvalue weighted by molar-refractivity contribution is -0.863. The summed E-state index contributed by atoms with van der Waals surface area (Å²) in [5.74, 6) is 2.87. The van der Waals surface area contributed by atoms with Crippen molar-refractivity contribution in [1.82, 2.24) is 0 Å². The van der Waals surface area contributed by atoms with E-state index in [9.17, 15) is 5.11 Å². The Bertz CT molecular complexity index is 239. The molecule has 0 heterocycles. The average molecular weight is 224 g/mol. The topological polar surface area (TPSA) is 24.7 Å². The Labute approximate surface area is 99.0 Å². The van der Waals surface area contributed by atoms with Crippen LogP contribution < -0.4 is 4.90 Å². The van der Waals surface area contributed by atoms with E-state index < -0.39 is 0 Å². The minimum absolute atomic E-state index is 0.0501. The van der Waals surface area contributed by atoms with Crippen molar-refractivity contribution < 1.29 is 10.0 Å². The summed E-state index contributed by atoms with van der Waals surface area (Å²) in [4.78, 5) is 1.39. The van der Waals surface area contributed by atoms with Crippen LogP contribution in [0.3, 0.4) is 0 Å². The lowest BCUT2D eigenvalue weighted by Gasteiger charge is -2.58. The highest BCUT2D eigenvalue weighted by Gasteiger charge is 2.54. The summed E-state index contributed by atoms with van der Waals surface area (Å²) in [6.07, 6.45) is 8.35. The second-order valence-electron chi connectivity index (χ2n) is 7.21. The van der Waals surface area contributed by atoms with Crippen molar-refractivity contribution in [3.05, 3.63) is 0 Å². The van der Waals surface area contributed by atoms with Gasteiger partial charge in [0.05, 0.1) is 14.1 Å². The summed E-state index contributed by atoms with van der Waals surface area (Å²) in [6.45, 7) is 0.937. The Morgan fingerprint density at radius 3 is 1.88 bits per heavy atom. The number of quaternary nitrogens is 1. The van der Waals surface area contributed by atoms with Gasteiger partial charge in [0.2, 0.25) is 0 Å². The van der Waals surface area contributed by atoms with Crippen molar-refractivity contribution in [2.45, 2.75) is 44.6 Å². The molecule has 4 fully saturated rings. The van der Waals surface area contributed by atoms with Crippen LogP contribution in [-0.4, -0.2) is 31.9 Å². The smallest absolute Gasteiger partial charge is 0.108 e. The minimum Gasteiger partial charge on any atom is -0.387 e. The van der Waals surface area contributed by atoms with Crippen LogP contribution in [0.2, 0.25) is 0 Å². The van der Waals surface area contributed by atoms with Crippen LogP contribution in [0, 0.1) is 23.2 Å². The van der Waals surface area contributed by atoms with Crippen LogP contribution in [0.25, 0.3) is 0 Å². The van der Waals surface area contributed by atoms with Gasteiger partial charge in [-0.1, -0.05) is 0 Å². The van der Waals surface area contributed by atoms with E-state index in [0.717, 1.165) is 24.3 Å². The fourth-order valence-corrected chi connectivity index (χ4v) is 5.19. The van der Waals surface area contributed by atoms with Crippen LogP contribution in [0.15, 0.2) is 0 Å². The zero-order valence-corrected chi connectivity index (χ0v) is 10.7. The molecule has 0 aromatic rings. The quantitative estimate of drug-likeness (QED) is 0.725. The Balaban J connectivity index is 1.77. The van der Waals surface area contributed by atoms with E-state index in [1.807, 2.05) is 0 Å². The first-order valence-electron chi connectivity index (χ1n) is 7.04. The van der Waals surface area contributed by atoms with Crippen molar-refractivity contribution >= 4 is 0 Å². The number of nitrogens with one attached hydrogen (secondary N) is 1. The highest BCUT2D eigenvalue weighted by molar-refractivity contribution is 5.04. The molecule has 0 aliphatic heterocycles. The Hall–Kier alpha value is -0.0800. The summed E-state index contributed by atoms with van der Waals surface area (Å²) < 4.78 is 0.